The lowest BCUT2D eigenvalue weighted by atomic mass is 10.0. The van der Waals surface area contributed by atoms with Crippen molar-refractivity contribution in [3.63, 3.8) is 0 Å². The molecule has 0 radical (unpaired) electrons. The number of carbonyl (C=O) groups excluding carboxylic acids is 2. The number of hydrogen-bond acceptors (Lipinski definition) is 4. The predicted octanol–water partition coefficient (Wildman–Crippen LogP) is 5.40. The molecule has 0 spiro atoms. The fourth-order valence-corrected chi connectivity index (χ4v) is 5.27. The lowest BCUT2D eigenvalue weighted by Crippen LogP contribution is -2.18. The number of rotatable bonds is 8. The van der Waals surface area contributed by atoms with Gasteiger partial charge < -0.3 is 15.4 Å². The fourth-order valence-electron chi connectivity index (χ4n) is 3.94. The molecule has 0 aromatic heterocycles. The van der Waals surface area contributed by atoms with Gasteiger partial charge in [0.05, 0.1) is 12.3 Å². The number of carbonyl (C=O) groups is 2. The summed E-state index contributed by atoms with van der Waals surface area (Å²) in [6.07, 6.45) is 7.46. The van der Waals surface area contributed by atoms with Crippen LogP contribution in [0, 0.1) is 0 Å². The van der Waals surface area contributed by atoms with Gasteiger partial charge in [0.25, 0.3) is 0 Å². The highest BCUT2D eigenvalue weighted by Crippen LogP contribution is 2.38. The SMILES string of the molecule is O=C1CCc2cc(OCCCC(=O)Nc3ccccc3SC3CCCC3)ccc2N1. The second kappa shape index (κ2) is 10.0. The molecule has 1 heterocycles. The van der Waals surface area contributed by atoms with Gasteiger partial charge in [-0.15, -0.1) is 11.8 Å². The third-order valence-electron chi connectivity index (χ3n) is 5.55. The van der Waals surface area contributed by atoms with Crippen LogP contribution in [-0.4, -0.2) is 23.7 Å². The summed E-state index contributed by atoms with van der Waals surface area (Å²) in [5.74, 6) is 0.861. The first-order valence-electron chi connectivity index (χ1n) is 10.8. The van der Waals surface area contributed by atoms with Crippen molar-refractivity contribution in [2.24, 2.45) is 0 Å². The summed E-state index contributed by atoms with van der Waals surface area (Å²) in [4.78, 5) is 25.0. The molecule has 1 aliphatic heterocycles. The molecule has 0 saturated heterocycles. The van der Waals surface area contributed by atoms with E-state index in [0.717, 1.165) is 34.0 Å². The smallest absolute Gasteiger partial charge is 0.224 e. The number of nitrogens with one attached hydrogen (secondary N) is 2. The van der Waals surface area contributed by atoms with Crippen molar-refractivity contribution in [1.82, 2.24) is 0 Å². The van der Waals surface area contributed by atoms with Crippen LogP contribution in [0.2, 0.25) is 0 Å². The van der Waals surface area contributed by atoms with E-state index in [4.69, 9.17) is 4.74 Å². The zero-order chi connectivity index (χ0) is 20.8. The van der Waals surface area contributed by atoms with Gasteiger partial charge in [0, 0.05) is 28.7 Å². The quantitative estimate of drug-likeness (QED) is 0.557. The van der Waals surface area contributed by atoms with E-state index in [9.17, 15) is 9.59 Å². The van der Waals surface area contributed by atoms with E-state index in [-0.39, 0.29) is 11.8 Å². The largest absolute Gasteiger partial charge is 0.494 e. The minimum atomic E-state index is 0.0197. The number of benzene rings is 2. The van der Waals surface area contributed by atoms with Gasteiger partial charge in [0.15, 0.2) is 0 Å². The van der Waals surface area contributed by atoms with Crippen LogP contribution < -0.4 is 15.4 Å². The highest BCUT2D eigenvalue weighted by Gasteiger charge is 2.18. The Bertz CT molecular complexity index is 909. The Morgan fingerprint density at radius 1 is 1.13 bits per heavy atom. The number of ether oxygens (including phenoxy) is 1. The zero-order valence-electron chi connectivity index (χ0n) is 17.1. The molecule has 5 nitrogen and oxygen atoms in total. The number of anilines is 2. The summed E-state index contributed by atoms with van der Waals surface area (Å²) in [5.41, 5.74) is 2.88. The molecule has 1 saturated carbocycles. The van der Waals surface area contributed by atoms with Crippen LogP contribution in [0.1, 0.15) is 50.5 Å². The van der Waals surface area contributed by atoms with Gasteiger partial charge >= 0.3 is 0 Å². The summed E-state index contributed by atoms with van der Waals surface area (Å²) in [6, 6.07) is 13.8. The Labute approximate surface area is 182 Å². The van der Waals surface area contributed by atoms with Crippen molar-refractivity contribution in [2.45, 2.75) is 61.5 Å². The summed E-state index contributed by atoms with van der Waals surface area (Å²) in [5, 5.41) is 6.61. The minimum Gasteiger partial charge on any atom is -0.494 e. The Kier molecular flexibility index (Phi) is 6.95. The number of hydrogen-bond donors (Lipinski definition) is 2. The molecule has 0 atom stereocenters. The summed E-state index contributed by atoms with van der Waals surface area (Å²) in [7, 11) is 0. The van der Waals surface area contributed by atoms with Crippen LogP contribution in [0.15, 0.2) is 47.4 Å². The monoisotopic (exact) mass is 424 g/mol. The van der Waals surface area contributed by atoms with Crippen molar-refractivity contribution in [3.8, 4) is 5.75 Å². The average molecular weight is 425 g/mol. The molecule has 1 aliphatic carbocycles. The Morgan fingerprint density at radius 2 is 1.97 bits per heavy atom. The average Bonchev–Trinajstić information content (AvgIpc) is 3.26. The lowest BCUT2D eigenvalue weighted by molar-refractivity contribution is -0.117. The summed E-state index contributed by atoms with van der Waals surface area (Å²) < 4.78 is 5.82. The molecule has 158 valence electrons. The molecule has 0 bridgehead atoms. The number of amides is 2. The third-order valence-corrected chi connectivity index (χ3v) is 6.96. The van der Waals surface area contributed by atoms with Crippen LogP contribution in [0.5, 0.6) is 5.75 Å². The molecule has 2 aliphatic rings. The van der Waals surface area contributed by atoms with Crippen LogP contribution in [-0.2, 0) is 16.0 Å². The van der Waals surface area contributed by atoms with Gasteiger partial charge in [-0.1, -0.05) is 25.0 Å². The molecule has 2 N–H and O–H groups in total. The van der Waals surface area contributed by atoms with Crippen molar-refractivity contribution in [1.29, 1.82) is 0 Å². The van der Waals surface area contributed by atoms with Crippen LogP contribution in [0.3, 0.4) is 0 Å². The van der Waals surface area contributed by atoms with Gasteiger partial charge in [0.1, 0.15) is 5.75 Å². The summed E-state index contributed by atoms with van der Waals surface area (Å²) in [6.45, 7) is 0.483. The number of thioether (sulfide) groups is 1. The molecule has 0 unspecified atom stereocenters. The number of para-hydroxylation sites is 1. The van der Waals surface area contributed by atoms with E-state index < -0.39 is 0 Å². The van der Waals surface area contributed by atoms with Crippen molar-refractivity contribution >= 4 is 35.0 Å². The Hall–Kier alpha value is -2.47. The first-order chi connectivity index (χ1) is 14.7. The maximum Gasteiger partial charge on any atom is 0.224 e. The van der Waals surface area contributed by atoms with E-state index in [0.29, 0.717) is 31.1 Å². The van der Waals surface area contributed by atoms with E-state index in [1.165, 1.54) is 25.7 Å². The van der Waals surface area contributed by atoms with Gasteiger partial charge in [-0.3, -0.25) is 9.59 Å². The molecule has 2 aromatic carbocycles. The fraction of sp³-hybridized carbons (Fsp3) is 0.417. The maximum atomic E-state index is 12.4. The summed E-state index contributed by atoms with van der Waals surface area (Å²) >= 11 is 1.89. The third kappa shape index (κ3) is 5.57. The van der Waals surface area contributed by atoms with Gasteiger partial charge in [-0.25, -0.2) is 0 Å². The minimum absolute atomic E-state index is 0.0197. The van der Waals surface area contributed by atoms with E-state index in [2.05, 4.69) is 16.7 Å². The zero-order valence-corrected chi connectivity index (χ0v) is 17.9. The first-order valence-corrected chi connectivity index (χ1v) is 11.7. The lowest BCUT2D eigenvalue weighted by Gasteiger charge is -2.17. The normalized spacial score (nSPS) is 16.1. The van der Waals surface area contributed by atoms with Crippen LogP contribution in [0.25, 0.3) is 0 Å². The van der Waals surface area contributed by atoms with E-state index in [1.807, 2.05) is 48.2 Å². The van der Waals surface area contributed by atoms with Crippen molar-refractivity contribution in [3.05, 3.63) is 48.0 Å². The highest BCUT2D eigenvalue weighted by molar-refractivity contribution is 8.00. The molecule has 2 amide bonds. The first kappa shape index (κ1) is 20.8. The molecule has 2 aromatic rings. The molecular weight excluding hydrogens is 396 g/mol. The standard InChI is InChI=1S/C24H28N2O3S/c27-23(26-21-8-3-4-9-22(21)30-19-6-1-2-7-19)10-5-15-29-18-12-13-20-17(16-18)11-14-24(28)25-20/h3-4,8-9,12-13,16,19H,1-2,5-7,10-11,14-15H2,(H,25,28)(H,26,27). The topological polar surface area (TPSA) is 67.4 Å². The van der Waals surface area contributed by atoms with Gasteiger partial charge in [0.2, 0.25) is 11.8 Å². The number of aryl methyl sites for hydroxylation is 1. The van der Waals surface area contributed by atoms with Gasteiger partial charge in [-0.2, -0.15) is 0 Å². The van der Waals surface area contributed by atoms with Crippen molar-refractivity contribution in [2.75, 3.05) is 17.2 Å². The van der Waals surface area contributed by atoms with Gasteiger partial charge in [-0.05, 0) is 61.6 Å². The predicted molar refractivity (Wildman–Crippen MR) is 121 cm³/mol. The Balaban J connectivity index is 1.22. The molecule has 30 heavy (non-hydrogen) atoms. The van der Waals surface area contributed by atoms with Crippen molar-refractivity contribution < 1.29 is 14.3 Å². The van der Waals surface area contributed by atoms with Crippen LogP contribution in [0.4, 0.5) is 11.4 Å². The molecule has 4 rings (SSSR count). The van der Waals surface area contributed by atoms with E-state index in [1.54, 1.807) is 0 Å². The number of fused-ring (bicyclic) bond motifs is 1. The molecule has 6 heteroatoms. The second-order valence-corrected chi connectivity index (χ2v) is 9.23. The maximum absolute atomic E-state index is 12.4. The second-order valence-electron chi connectivity index (χ2n) is 7.89. The van der Waals surface area contributed by atoms with Crippen LogP contribution >= 0.6 is 11.8 Å². The molecular formula is C24H28N2O3S. The van der Waals surface area contributed by atoms with E-state index >= 15 is 0 Å². The highest BCUT2D eigenvalue weighted by atomic mass is 32.2. The molecule has 1 fully saturated rings. The Morgan fingerprint density at radius 3 is 2.83 bits per heavy atom.